The predicted molar refractivity (Wildman–Crippen MR) is 78.4 cm³/mol. The first-order valence-electron chi connectivity index (χ1n) is 5.24. The highest BCUT2D eigenvalue weighted by Crippen LogP contribution is 2.15. The highest BCUT2D eigenvalue weighted by atomic mass is 79.9. The third kappa shape index (κ3) is 3.93. The normalized spacial score (nSPS) is 12.8. The average Bonchev–Trinajstić information content (AvgIpc) is 2.24. The van der Waals surface area contributed by atoms with E-state index in [0.717, 1.165) is 29.6 Å². The summed E-state index contributed by atoms with van der Waals surface area (Å²) >= 11 is 11.0. The first kappa shape index (κ1) is 14.3. The zero-order valence-corrected chi connectivity index (χ0v) is 13.2. The molecule has 0 spiro atoms. The first-order chi connectivity index (χ1) is 7.58. The van der Waals surface area contributed by atoms with E-state index in [1.807, 2.05) is 6.20 Å². The minimum absolute atomic E-state index is 0.0195. The molecule has 0 saturated carbocycles. The molecule has 0 aromatic carbocycles. The molecule has 1 aromatic heterocycles. The van der Waals surface area contributed by atoms with Crippen molar-refractivity contribution in [2.75, 3.05) is 5.75 Å². The number of hydrogen-bond donors (Lipinski definition) is 1. The van der Waals surface area contributed by atoms with Crippen molar-refractivity contribution in [1.82, 2.24) is 4.57 Å². The largest absolute Gasteiger partial charge is 0.313 e. The standard InChI is InChI=1S/C11H15Br2NOS/c1-2-3-8(7-16)5-14-6-9(12)4-10(13)11(14)15/h4,6,8,16H,2-3,5,7H2,1H3. The van der Waals surface area contributed by atoms with E-state index < -0.39 is 0 Å². The number of aromatic nitrogens is 1. The lowest BCUT2D eigenvalue weighted by Crippen LogP contribution is -2.24. The van der Waals surface area contributed by atoms with Crippen LogP contribution in [0.15, 0.2) is 26.0 Å². The van der Waals surface area contributed by atoms with Crippen molar-refractivity contribution >= 4 is 44.5 Å². The molecule has 0 bridgehead atoms. The summed E-state index contributed by atoms with van der Waals surface area (Å²) in [5.41, 5.74) is 0.0195. The maximum absolute atomic E-state index is 11.8. The molecule has 1 rings (SSSR count). The van der Waals surface area contributed by atoms with Gasteiger partial charge in [-0.15, -0.1) is 0 Å². The van der Waals surface area contributed by atoms with E-state index in [-0.39, 0.29) is 5.56 Å². The Kier molecular flexibility index (Phi) is 6.15. The van der Waals surface area contributed by atoms with Crippen LogP contribution in [0.5, 0.6) is 0 Å². The highest BCUT2D eigenvalue weighted by molar-refractivity contribution is 9.11. The Hall–Kier alpha value is 0.260. The van der Waals surface area contributed by atoms with E-state index in [1.165, 1.54) is 0 Å². The summed E-state index contributed by atoms with van der Waals surface area (Å²) in [5.74, 6) is 1.26. The van der Waals surface area contributed by atoms with Crippen molar-refractivity contribution in [2.24, 2.45) is 5.92 Å². The minimum atomic E-state index is 0.0195. The van der Waals surface area contributed by atoms with Gasteiger partial charge in [0.05, 0.1) is 4.47 Å². The second kappa shape index (κ2) is 6.87. The zero-order valence-electron chi connectivity index (χ0n) is 9.12. The van der Waals surface area contributed by atoms with Gasteiger partial charge in [-0.25, -0.2) is 0 Å². The molecule has 0 aliphatic heterocycles. The quantitative estimate of drug-likeness (QED) is 0.786. The topological polar surface area (TPSA) is 22.0 Å². The van der Waals surface area contributed by atoms with E-state index in [0.29, 0.717) is 10.4 Å². The van der Waals surface area contributed by atoms with Crippen LogP contribution in [-0.4, -0.2) is 10.3 Å². The van der Waals surface area contributed by atoms with Crippen molar-refractivity contribution in [1.29, 1.82) is 0 Å². The number of thiol groups is 1. The van der Waals surface area contributed by atoms with Gasteiger partial charge in [0.2, 0.25) is 0 Å². The average molecular weight is 369 g/mol. The number of rotatable bonds is 5. The van der Waals surface area contributed by atoms with Gasteiger partial charge in [0, 0.05) is 17.2 Å². The van der Waals surface area contributed by atoms with E-state index >= 15 is 0 Å². The maximum Gasteiger partial charge on any atom is 0.264 e. The zero-order chi connectivity index (χ0) is 12.1. The van der Waals surface area contributed by atoms with Crippen LogP contribution in [0.25, 0.3) is 0 Å². The Morgan fingerprint density at radius 2 is 2.19 bits per heavy atom. The van der Waals surface area contributed by atoms with E-state index in [4.69, 9.17) is 0 Å². The summed E-state index contributed by atoms with van der Waals surface area (Å²) in [6, 6.07) is 1.77. The molecule has 0 amide bonds. The molecular formula is C11H15Br2NOS. The maximum atomic E-state index is 11.8. The second-order valence-corrected chi connectivity index (χ2v) is 5.94. The van der Waals surface area contributed by atoms with Gasteiger partial charge in [0.1, 0.15) is 0 Å². The molecule has 1 unspecified atom stereocenters. The van der Waals surface area contributed by atoms with Gasteiger partial charge in [-0.1, -0.05) is 13.3 Å². The van der Waals surface area contributed by atoms with Gasteiger partial charge in [-0.3, -0.25) is 4.79 Å². The highest BCUT2D eigenvalue weighted by Gasteiger charge is 2.09. The molecule has 0 fully saturated rings. The molecule has 2 nitrogen and oxygen atoms in total. The van der Waals surface area contributed by atoms with Crippen molar-refractivity contribution in [2.45, 2.75) is 26.3 Å². The molecule has 0 aliphatic rings. The van der Waals surface area contributed by atoms with Gasteiger partial charge in [-0.05, 0) is 56.0 Å². The second-order valence-electron chi connectivity index (χ2n) is 3.80. The fraction of sp³-hybridized carbons (Fsp3) is 0.545. The summed E-state index contributed by atoms with van der Waals surface area (Å²) < 4.78 is 3.25. The monoisotopic (exact) mass is 367 g/mol. The van der Waals surface area contributed by atoms with Crippen LogP contribution in [-0.2, 0) is 6.54 Å². The van der Waals surface area contributed by atoms with Gasteiger partial charge < -0.3 is 4.57 Å². The molecule has 1 aromatic rings. The minimum Gasteiger partial charge on any atom is -0.313 e. The number of pyridine rings is 1. The van der Waals surface area contributed by atoms with E-state index in [2.05, 4.69) is 51.4 Å². The van der Waals surface area contributed by atoms with Crippen LogP contribution in [0.2, 0.25) is 0 Å². The van der Waals surface area contributed by atoms with Crippen LogP contribution < -0.4 is 5.56 Å². The van der Waals surface area contributed by atoms with Gasteiger partial charge in [0.25, 0.3) is 5.56 Å². The Balaban J connectivity index is 2.91. The van der Waals surface area contributed by atoms with E-state index in [9.17, 15) is 4.79 Å². The third-order valence-electron chi connectivity index (χ3n) is 2.42. The molecule has 5 heteroatoms. The van der Waals surface area contributed by atoms with Crippen molar-refractivity contribution in [3.05, 3.63) is 31.6 Å². The van der Waals surface area contributed by atoms with Crippen molar-refractivity contribution in [3.63, 3.8) is 0 Å². The van der Waals surface area contributed by atoms with E-state index in [1.54, 1.807) is 10.6 Å². The molecular weight excluding hydrogens is 354 g/mol. The number of halogens is 2. The summed E-state index contributed by atoms with van der Waals surface area (Å²) in [6.45, 7) is 2.88. The molecule has 1 atom stereocenters. The van der Waals surface area contributed by atoms with Crippen LogP contribution in [0, 0.1) is 5.92 Å². The van der Waals surface area contributed by atoms with Crippen LogP contribution in [0.3, 0.4) is 0 Å². The van der Waals surface area contributed by atoms with Crippen LogP contribution in [0.4, 0.5) is 0 Å². The first-order valence-corrected chi connectivity index (χ1v) is 7.46. The summed E-state index contributed by atoms with van der Waals surface area (Å²) in [6.07, 6.45) is 4.05. The Morgan fingerprint density at radius 1 is 1.50 bits per heavy atom. The number of nitrogens with zero attached hydrogens (tertiary/aromatic N) is 1. The molecule has 90 valence electrons. The third-order valence-corrected chi connectivity index (χ3v) is 3.94. The SMILES string of the molecule is CCCC(CS)Cn1cc(Br)cc(Br)c1=O. The van der Waals surface area contributed by atoms with Gasteiger partial charge in [0.15, 0.2) is 0 Å². The smallest absolute Gasteiger partial charge is 0.264 e. The molecule has 0 radical (unpaired) electrons. The molecule has 0 N–H and O–H groups in total. The Morgan fingerprint density at radius 3 is 2.75 bits per heavy atom. The Labute approximate surface area is 118 Å². The van der Waals surface area contributed by atoms with Crippen molar-refractivity contribution < 1.29 is 0 Å². The predicted octanol–water partition coefficient (Wildman–Crippen LogP) is 3.72. The molecule has 16 heavy (non-hydrogen) atoms. The lowest BCUT2D eigenvalue weighted by molar-refractivity contribution is 0.445. The van der Waals surface area contributed by atoms with Crippen molar-refractivity contribution in [3.8, 4) is 0 Å². The van der Waals surface area contributed by atoms with Crippen LogP contribution >= 0.6 is 44.5 Å². The Bertz CT molecular complexity index is 405. The fourth-order valence-corrected chi connectivity index (χ4v) is 3.18. The lowest BCUT2D eigenvalue weighted by Gasteiger charge is -2.15. The van der Waals surface area contributed by atoms with Crippen LogP contribution in [0.1, 0.15) is 19.8 Å². The molecule has 1 heterocycles. The summed E-state index contributed by atoms with van der Waals surface area (Å²) in [4.78, 5) is 11.8. The van der Waals surface area contributed by atoms with Gasteiger partial charge >= 0.3 is 0 Å². The fourth-order valence-electron chi connectivity index (χ4n) is 1.63. The summed E-state index contributed by atoms with van der Waals surface area (Å²) in [7, 11) is 0. The summed E-state index contributed by atoms with van der Waals surface area (Å²) in [5, 5.41) is 0. The number of hydrogen-bond acceptors (Lipinski definition) is 2. The lowest BCUT2D eigenvalue weighted by atomic mass is 10.1. The molecule has 0 aliphatic carbocycles. The van der Waals surface area contributed by atoms with Gasteiger partial charge in [-0.2, -0.15) is 12.6 Å². The molecule has 0 saturated heterocycles.